The van der Waals surface area contributed by atoms with Crippen molar-refractivity contribution < 1.29 is 0 Å². The first kappa shape index (κ1) is 20.9. The van der Waals surface area contributed by atoms with Gasteiger partial charge in [0.2, 0.25) is 4.77 Å². The summed E-state index contributed by atoms with van der Waals surface area (Å²) in [7, 11) is 0. The number of nitrogens with zero attached hydrogens (tertiary/aromatic N) is 5. The lowest BCUT2D eigenvalue weighted by molar-refractivity contribution is 0.174. The van der Waals surface area contributed by atoms with Crippen molar-refractivity contribution >= 4 is 12.2 Å². The van der Waals surface area contributed by atoms with Crippen molar-refractivity contribution in [2.24, 2.45) is 5.92 Å². The van der Waals surface area contributed by atoms with E-state index in [0.29, 0.717) is 17.9 Å². The molecule has 5 nitrogen and oxygen atoms in total. The lowest BCUT2D eigenvalue weighted by atomic mass is 10.0. The highest BCUT2D eigenvalue weighted by molar-refractivity contribution is 7.71. The molecule has 2 heterocycles. The molecule has 0 spiro atoms. The SMILES string of the molecule is CC(C)CN(Cn1nc(-c2cccnc2)n(-c2ccccc2C(C)C)c1=S)C1CC1. The topological polar surface area (TPSA) is 38.9 Å². The maximum atomic E-state index is 6.00. The van der Waals surface area contributed by atoms with Crippen molar-refractivity contribution in [1.29, 1.82) is 0 Å². The molecule has 0 unspecified atom stereocenters. The molecule has 0 atom stereocenters. The first-order chi connectivity index (χ1) is 14.5. The molecule has 0 N–H and O–H groups in total. The van der Waals surface area contributed by atoms with E-state index >= 15 is 0 Å². The van der Waals surface area contributed by atoms with Crippen LogP contribution in [-0.2, 0) is 6.67 Å². The summed E-state index contributed by atoms with van der Waals surface area (Å²) in [6.07, 6.45) is 6.19. The van der Waals surface area contributed by atoms with Crippen LogP contribution in [0.5, 0.6) is 0 Å². The first-order valence-corrected chi connectivity index (χ1v) is 11.3. The number of para-hydroxylation sites is 1. The Morgan fingerprint density at radius 3 is 2.50 bits per heavy atom. The monoisotopic (exact) mass is 421 g/mol. The molecule has 0 aliphatic heterocycles. The molecule has 4 rings (SSSR count). The third kappa shape index (κ3) is 4.40. The predicted molar refractivity (Wildman–Crippen MR) is 124 cm³/mol. The second kappa shape index (κ2) is 8.82. The maximum Gasteiger partial charge on any atom is 0.204 e. The molecule has 0 saturated heterocycles. The van der Waals surface area contributed by atoms with Gasteiger partial charge in [-0.3, -0.25) is 14.5 Å². The van der Waals surface area contributed by atoms with E-state index < -0.39 is 0 Å². The minimum Gasteiger partial charge on any atom is -0.281 e. The molecular weight excluding hydrogens is 390 g/mol. The van der Waals surface area contributed by atoms with Crippen molar-refractivity contribution in [1.82, 2.24) is 24.2 Å². The van der Waals surface area contributed by atoms with Crippen LogP contribution in [0.3, 0.4) is 0 Å². The molecule has 1 aliphatic carbocycles. The fourth-order valence-electron chi connectivity index (χ4n) is 3.98. The van der Waals surface area contributed by atoms with E-state index in [-0.39, 0.29) is 0 Å². The first-order valence-electron chi connectivity index (χ1n) is 10.9. The Bertz CT molecular complexity index is 1050. The van der Waals surface area contributed by atoms with E-state index in [4.69, 9.17) is 17.3 Å². The molecule has 1 aliphatic rings. The lowest BCUT2D eigenvalue weighted by Gasteiger charge is -2.23. The van der Waals surface area contributed by atoms with E-state index in [2.05, 4.69) is 72.5 Å². The second-order valence-electron chi connectivity index (χ2n) is 8.93. The summed E-state index contributed by atoms with van der Waals surface area (Å²) in [5.74, 6) is 1.85. The van der Waals surface area contributed by atoms with Crippen LogP contribution >= 0.6 is 12.2 Å². The van der Waals surface area contributed by atoms with Gasteiger partial charge in [0.05, 0.1) is 12.4 Å². The molecule has 158 valence electrons. The normalized spacial score (nSPS) is 14.2. The molecule has 3 aromatic rings. The number of rotatable bonds is 8. The summed E-state index contributed by atoms with van der Waals surface area (Å²) >= 11 is 6.00. The predicted octanol–water partition coefficient (Wildman–Crippen LogP) is 5.67. The lowest BCUT2D eigenvalue weighted by Crippen LogP contribution is -2.32. The van der Waals surface area contributed by atoms with Crippen molar-refractivity contribution in [2.75, 3.05) is 6.54 Å². The summed E-state index contributed by atoms with van der Waals surface area (Å²) in [4.78, 5) is 6.85. The van der Waals surface area contributed by atoms with Gasteiger partial charge in [-0.15, -0.1) is 5.10 Å². The number of hydrogen-bond donors (Lipinski definition) is 0. The standard InChI is InChI=1S/C24H31N5S/c1-17(2)15-27(20-11-12-20)16-28-24(30)29(22-10-6-5-9-21(22)18(3)4)23(26-28)19-8-7-13-25-14-19/h5-10,13-14,17-18,20H,11-12,15-16H2,1-4H3. The van der Waals surface area contributed by atoms with Crippen molar-refractivity contribution in [3.8, 4) is 17.1 Å². The molecule has 0 radical (unpaired) electrons. The largest absolute Gasteiger partial charge is 0.281 e. The molecule has 1 saturated carbocycles. The molecular formula is C24H31N5S. The minimum atomic E-state index is 0.386. The Labute approximate surface area is 184 Å². The molecule has 0 amide bonds. The zero-order valence-electron chi connectivity index (χ0n) is 18.3. The summed E-state index contributed by atoms with van der Waals surface area (Å²) in [5.41, 5.74) is 3.34. The molecule has 1 fully saturated rings. The van der Waals surface area contributed by atoms with Crippen LogP contribution < -0.4 is 0 Å². The van der Waals surface area contributed by atoms with Gasteiger partial charge in [-0.1, -0.05) is 45.9 Å². The van der Waals surface area contributed by atoms with Gasteiger partial charge in [-0.2, -0.15) is 0 Å². The van der Waals surface area contributed by atoms with Crippen LogP contribution in [0.15, 0.2) is 48.8 Å². The third-order valence-electron chi connectivity index (χ3n) is 5.54. The number of pyridine rings is 1. The van der Waals surface area contributed by atoms with Gasteiger partial charge in [0.25, 0.3) is 0 Å². The van der Waals surface area contributed by atoms with Gasteiger partial charge in [0.15, 0.2) is 5.82 Å². The van der Waals surface area contributed by atoms with Crippen LogP contribution in [0.2, 0.25) is 0 Å². The Hall–Kier alpha value is -2.31. The van der Waals surface area contributed by atoms with Crippen LogP contribution in [0.25, 0.3) is 17.1 Å². The zero-order chi connectivity index (χ0) is 21.3. The van der Waals surface area contributed by atoms with Gasteiger partial charge >= 0.3 is 0 Å². The number of hydrogen-bond acceptors (Lipinski definition) is 4. The van der Waals surface area contributed by atoms with E-state index in [9.17, 15) is 0 Å². The van der Waals surface area contributed by atoms with Crippen molar-refractivity contribution in [3.63, 3.8) is 0 Å². The maximum absolute atomic E-state index is 6.00. The average molecular weight is 422 g/mol. The zero-order valence-corrected chi connectivity index (χ0v) is 19.1. The molecule has 1 aromatic carbocycles. The summed E-state index contributed by atoms with van der Waals surface area (Å²) < 4.78 is 4.86. The van der Waals surface area contributed by atoms with E-state index in [0.717, 1.165) is 35.1 Å². The summed E-state index contributed by atoms with van der Waals surface area (Å²) in [5, 5.41) is 5.01. The van der Waals surface area contributed by atoms with Crippen molar-refractivity contribution in [2.45, 2.75) is 59.2 Å². The van der Waals surface area contributed by atoms with Gasteiger partial charge in [-0.05, 0) is 60.7 Å². The second-order valence-corrected chi connectivity index (χ2v) is 9.30. The average Bonchev–Trinajstić information content (AvgIpc) is 3.53. The van der Waals surface area contributed by atoms with E-state index in [1.807, 2.05) is 16.9 Å². The van der Waals surface area contributed by atoms with Crippen molar-refractivity contribution in [3.05, 3.63) is 59.1 Å². The summed E-state index contributed by atoms with van der Waals surface area (Å²) in [6, 6.07) is 13.1. The molecule has 30 heavy (non-hydrogen) atoms. The number of aromatic nitrogens is 4. The van der Waals surface area contributed by atoms with Gasteiger partial charge in [0.1, 0.15) is 0 Å². The van der Waals surface area contributed by atoms with Crippen LogP contribution in [0.1, 0.15) is 52.0 Å². The summed E-state index contributed by atoms with van der Waals surface area (Å²) in [6.45, 7) is 10.8. The van der Waals surface area contributed by atoms with Crippen LogP contribution in [0, 0.1) is 10.7 Å². The Kier molecular flexibility index (Phi) is 6.16. The van der Waals surface area contributed by atoms with E-state index in [1.54, 1.807) is 6.20 Å². The quantitative estimate of drug-likeness (QED) is 0.440. The van der Waals surface area contributed by atoms with Crippen LogP contribution in [0.4, 0.5) is 0 Å². The fraction of sp³-hybridized carbons (Fsp3) is 0.458. The Balaban J connectivity index is 1.84. The van der Waals surface area contributed by atoms with Gasteiger partial charge < -0.3 is 0 Å². The molecule has 2 aromatic heterocycles. The number of benzene rings is 1. The third-order valence-corrected chi connectivity index (χ3v) is 5.93. The smallest absolute Gasteiger partial charge is 0.204 e. The Morgan fingerprint density at radius 2 is 1.87 bits per heavy atom. The van der Waals surface area contributed by atoms with Gasteiger partial charge in [-0.25, -0.2) is 4.68 Å². The highest BCUT2D eigenvalue weighted by atomic mass is 32.1. The molecule has 0 bridgehead atoms. The highest BCUT2D eigenvalue weighted by Crippen LogP contribution is 2.30. The molecule has 6 heteroatoms. The van der Waals surface area contributed by atoms with Gasteiger partial charge in [0, 0.05) is 30.5 Å². The van der Waals surface area contributed by atoms with Crippen LogP contribution in [-0.4, -0.2) is 36.8 Å². The minimum absolute atomic E-state index is 0.386. The fourth-order valence-corrected chi connectivity index (χ4v) is 4.26. The van der Waals surface area contributed by atoms with E-state index in [1.165, 1.54) is 18.4 Å². The highest BCUT2D eigenvalue weighted by Gasteiger charge is 2.30. The Morgan fingerprint density at radius 1 is 1.10 bits per heavy atom.